The minimum absolute atomic E-state index is 0.504. The summed E-state index contributed by atoms with van der Waals surface area (Å²) in [6.45, 7) is 10.9. The molecule has 0 aromatic carbocycles. The Hall–Kier alpha value is -0.770. The van der Waals surface area contributed by atoms with E-state index in [1.54, 1.807) is 0 Å². The van der Waals surface area contributed by atoms with E-state index in [0.29, 0.717) is 12.0 Å². The van der Waals surface area contributed by atoms with E-state index in [1.165, 1.54) is 32.4 Å². The van der Waals surface area contributed by atoms with E-state index in [2.05, 4.69) is 36.0 Å². The number of hydrogen-bond donors (Lipinski definition) is 2. The molecule has 4 nitrogen and oxygen atoms in total. The van der Waals surface area contributed by atoms with Crippen molar-refractivity contribution < 1.29 is 0 Å². The molecule has 0 bridgehead atoms. The number of hydrogen-bond acceptors (Lipinski definition) is 2. The zero-order valence-corrected chi connectivity index (χ0v) is 12.3. The molecule has 0 radical (unpaired) electrons. The Labute approximate surface area is 112 Å². The van der Waals surface area contributed by atoms with Gasteiger partial charge >= 0.3 is 0 Å². The molecule has 1 aliphatic rings. The molecule has 0 aromatic rings. The first-order chi connectivity index (χ1) is 8.63. The molecule has 1 saturated heterocycles. The molecule has 106 valence electrons. The topological polar surface area (TPSA) is 53.6 Å². The molecule has 1 heterocycles. The molecule has 1 rings (SSSR count). The van der Waals surface area contributed by atoms with Crippen molar-refractivity contribution >= 4 is 5.96 Å². The highest BCUT2D eigenvalue weighted by Gasteiger charge is 2.19. The van der Waals surface area contributed by atoms with E-state index >= 15 is 0 Å². The average molecular weight is 254 g/mol. The van der Waals surface area contributed by atoms with Gasteiger partial charge in [-0.3, -0.25) is 9.89 Å². The largest absolute Gasteiger partial charge is 0.370 e. The van der Waals surface area contributed by atoms with Crippen molar-refractivity contribution in [3.8, 4) is 0 Å². The van der Waals surface area contributed by atoms with E-state index in [1.807, 2.05) is 0 Å². The van der Waals surface area contributed by atoms with Crippen LogP contribution in [0.3, 0.4) is 0 Å². The fraction of sp³-hybridized carbons (Fsp3) is 0.929. The summed E-state index contributed by atoms with van der Waals surface area (Å²) in [5, 5.41) is 3.16. The number of likely N-dealkylation sites (tertiary alicyclic amines) is 1. The molecule has 0 spiro atoms. The van der Waals surface area contributed by atoms with E-state index in [4.69, 9.17) is 5.73 Å². The molecule has 0 amide bonds. The monoisotopic (exact) mass is 254 g/mol. The second kappa shape index (κ2) is 8.35. The summed E-state index contributed by atoms with van der Waals surface area (Å²) in [4.78, 5) is 6.96. The second-order valence-electron chi connectivity index (χ2n) is 5.57. The van der Waals surface area contributed by atoms with Crippen LogP contribution in [-0.2, 0) is 0 Å². The molecule has 0 aromatic heterocycles. The van der Waals surface area contributed by atoms with Crippen molar-refractivity contribution in [2.75, 3.05) is 26.2 Å². The zero-order chi connectivity index (χ0) is 13.4. The van der Waals surface area contributed by atoms with E-state index in [-0.39, 0.29) is 0 Å². The van der Waals surface area contributed by atoms with Crippen LogP contribution in [0.4, 0.5) is 0 Å². The summed E-state index contributed by atoms with van der Waals surface area (Å²) in [6.07, 6.45) is 4.97. The van der Waals surface area contributed by atoms with Crippen molar-refractivity contribution in [3.05, 3.63) is 0 Å². The zero-order valence-electron chi connectivity index (χ0n) is 12.3. The smallest absolute Gasteiger partial charge is 0.188 e. The van der Waals surface area contributed by atoms with E-state index < -0.39 is 0 Å². The van der Waals surface area contributed by atoms with Gasteiger partial charge in [-0.15, -0.1) is 0 Å². The molecule has 0 saturated carbocycles. The van der Waals surface area contributed by atoms with Gasteiger partial charge in [0, 0.05) is 12.6 Å². The lowest BCUT2D eigenvalue weighted by Gasteiger charge is -2.34. The normalized spacial score (nSPS) is 20.9. The Bertz CT molecular complexity index is 244. The van der Waals surface area contributed by atoms with Crippen LogP contribution >= 0.6 is 0 Å². The van der Waals surface area contributed by atoms with Crippen molar-refractivity contribution in [1.82, 2.24) is 10.2 Å². The summed E-state index contributed by atoms with van der Waals surface area (Å²) < 4.78 is 0. The first-order valence-corrected chi connectivity index (χ1v) is 7.41. The van der Waals surface area contributed by atoms with Crippen molar-refractivity contribution in [1.29, 1.82) is 0 Å². The highest BCUT2D eigenvalue weighted by Crippen LogP contribution is 2.17. The van der Waals surface area contributed by atoms with Gasteiger partial charge in [0.25, 0.3) is 0 Å². The number of nitrogens with one attached hydrogen (secondary N) is 1. The maximum absolute atomic E-state index is 5.83. The molecule has 1 atom stereocenters. The predicted octanol–water partition coefficient (Wildman–Crippen LogP) is 1.81. The van der Waals surface area contributed by atoms with Crippen LogP contribution in [0.5, 0.6) is 0 Å². The molecule has 1 unspecified atom stereocenters. The number of unbranched alkanes of at least 4 members (excludes halogenated alkanes) is 1. The van der Waals surface area contributed by atoms with Crippen LogP contribution in [0.25, 0.3) is 0 Å². The van der Waals surface area contributed by atoms with Crippen molar-refractivity contribution in [3.63, 3.8) is 0 Å². The molecular weight excluding hydrogens is 224 g/mol. The Morgan fingerprint density at radius 3 is 2.72 bits per heavy atom. The lowest BCUT2D eigenvalue weighted by Crippen LogP contribution is -2.42. The molecule has 18 heavy (non-hydrogen) atoms. The second-order valence-corrected chi connectivity index (χ2v) is 5.57. The van der Waals surface area contributed by atoms with Gasteiger partial charge in [0.15, 0.2) is 5.96 Å². The Morgan fingerprint density at radius 2 is 2.11 bits per heavy atom. The van der Waals surface area contributed by atoms with Gasteiger partial charge in [0.05, 0.1) is 6.54 Å². The maximum Gasteiger partial charge on any atom is 0.188 e. The Balaban J connectivity index is 2.22. The summed E-state index contributed by atoms with van der Waals surface area (Å²) >= 11 is 0. The summed E-state index contributed by atoms with van der Waals surface area (Å²) in [7, 11) is 0. The Kier molecular flexibility index (Phi) is 7.09. The number of aliphatic imine (C=N–C) groups is 1. The molecule has 1 aliphatic heterocycles. The van der Waals surface area contributed by atoms with Crippen molar-refractivity contribution in [2.24, 2.45) is 16.6 Å². The third-order valence-electron chi connectivity index (χ3n) is 3.80. The lowest BCUT2D eigenvalue weighted by molar-refractivity contribution is 0.150. The predicted molar refractivity (Wildman–Crippen MR) is 78.8 cm³/mol. The molecule has 3 N–H and O–H groups in total. The van der Waals surface area contributed by atoms with Gasteiger partial charge in [0.2, 0.25) is 0 Å². The third kappa shape index (κ3) is 5.71. The summed E-state index contributed by atoms with van der Waals surface area (Å²) in [5.74, 6) is 1.48. The molecule has 0 aliphatic carbocycles. The van der Waals surface area contributed by atoms with Gasteiger partial charge in [-0.05, 0) is 45.2 Å². The summed E-state index contributed by atoms with van der Waals surface area (Å²) in [5.41, 5.74) is 5.83. The summed E-state index contributed by atoms with van der Waals surface area (Å²) in [6, 6.07) is 0.504. The van der Waals surface area contributed by atoms with Gasteiger partial charge in [-0.2, -0.15) is 0 Å². The number of rotatable bonds is 6. The third-order valence-corrected chi connectivity index (χ3v) is 3.80. The quantitative estimate of drug-likeness (QED) is 0.432. The van der Waals surface area contributed by atoms with Gasteiger partial charge in [0.1, 0.15) is 0 Å². The van der Waals surface area contributed by atoms with Gasteiger partial charge in [-0.1, -0.05) is 20.3 Å². The highest BCUT2D eigenvalue weighted by atomic mass is 15.2. The Morgan fingerprint density at radius 1 is 1.44 bits per heavy atom. The molecular formula is C14H30N4. The number of nitrogens with zero attached hydrogens (tertiary/aromatic N) is 2. The standard InChI is InChI=1S/C14H30N4/c1-4-5-8-16-14(15)17-11-13(3)18-9-6-12(2)7-10-18/h12-13H,4-11H2,1-3H3,(H3,15,16,17). The fourth-order valence-corrected chi connectivity index (χ4v) is 2.26. The average Bonchev–Trinajstić information content (AvgIpc) is 2.37. The van der Waals surface area contributed by atoms with E-state index in [9.17, 15) is 0 Å². The first kappa shape index (κ1) is 15.3. The SMILES string of the molecule is CCCCNC(N)=NCC(C)N1CCC(C)CC1. The van der Waals surface area contributed by atoms with Gasteiger partial charge in [-0.25, -0.2) is 0 Å². The van der Waals surface area contributed by atoms with Crippen LogP contribution in [0.1, 0.15) is 46.5 Å². The molecule has 4 heteroatoms. The lowest BCUT2D eigenvalue weighted by atomic mass is 9.98. The minimum Gasteiger partial charge on any atom is -0.370 e. The van der Waals surface area contributed by atoms with Crippen LogP contribution in [0.15, 0.2) is 4.99 Å². The van der Waals surface area contributed by atoms with Crippen LogP contribution in [-0.4, -0.2) is 43.1 Å². The number of piperidine rings is 1. The van der Waals surface area contributed by atoms with Gasteiger partial charge < -0.3 is 11.1 Å². The number of guanidine groups is 1. The van der Waals surface area contributed by atoms with Crippen LogP contribution in [0.2, 0.25) is 0 Å². The van der Waals surface area contributed by atoms with E-state index in [0.717, 1.165) is 25.4 Å². The van der Waals surface area contributed by atoms with Crippen LogP contribution < -0.4 is 11.1 Å². The maximum atomic E-state index is 5.83. The van der Waals surface area contributed by atoms with Crippen LogP contribution in [0, 0.1) is 5.92 Å². The number of nitrogens with two attached hydrogens (primary N) is 1. The highest BCUT2D eigenvalue weighted by molar-refractivity contribution is 5.77. The minimum atomic E-state index is 0.504. The van der Waals surface area contributed by atoms with Crippen molar-refractivity contribution in [2.45, 2.75) is 52.5 Å². The fourth-order valence-electron chi connectivity index (χ4n) is 2.26. The first-order valence-electron chi connectivity index (χ1n) is 7.41. The molecule has 1 fully saturated rings.